The maximum Gasteiger partial charge on any atom is 0.161 e. The summed E-state index contributed by atoms with van der Waals surface area (Å²) in [5.74, 6) is 1.28. The summed E-state index contributed by atoms with van der Waals surface area (Å²) in [6, 6.07) is 5.11. The number of hydrogen-bond donors (Lipinski definition) is 1. The van der Waals surface area contributed by atoms with E-state index in [0.717, 1.165) is 6.42 Å². The van der Waals surface area contributed by atoms with Crippen molar-refractivity contribution in [2.75, 3.05) is 19.8 Å². The number of fused-ring (bicyclic) bond motifs is 1. The van der Waals surface area contributed by atoms with E-state index >= 15 is 0 Å². The fourth-order valence-electron chi connectivity index (χ4n) is 1.61. The first-order valence-corrected chi connectivity index (χ1v) is 5.42. The number of rotatable bonds is 2. The van der Waals surface area contributed by atoms with Crippen molar-refractivity contribution in [1.82, 2.24) is 0 Å². The van der Waals surface area contributed by atoms with Crippen LogP contribution in [0.3, 0.4) is 0 Å². The molecule has 0 aliphatic carbocycles. The topological polar surface area (TPSA) is 44.5 Å². The third-order valence-corrected chi connectivity index (χ3v) is 2.73. The van der Waals surface area contributed by atoms with Crippen LogP contribution in [-0.2, 0) is 5.67 Å². The molecule has 1 aromatic carbocycles. The fourth-order valence-corrected chi connectivity index (χ4v) is 1.61. The molecule has 2 N–H and O–H groups in total. The molecule has 0 fully saturated rings. The zero-order valence-corrected chi connectivity index (χ0v) is 9.33. The Balaban J connectivity index is 2.34. The lowest BCUT2D eigenvalue weighted by Gasteiger charge is -2.19. The van der Waals surface area contributed by atoms with Crippen LogP contribution in [0.2, 0.25) is 0 Å². The van der Waals surface area contributed by atoms with E-state index in [1.165, 1.54) is 6.92 Å². The fraction of sp³-hybridized carbons (Fsp3) is 0.500. The van der Waals surface area contributed by atoms with Gasteiger partial charge >= 0.3 is 0 Å². The minimum atomic E-state index is -1.52. The lowest BCUT2D eigenvalue weighted by molar-refractivity contribution is 0.202. The van der Waals surface area contributed by atoms with Gasteiger partial charge in [-0.05, 0) is 24.6 Å². The normalized spacial score (nSPS) is 18.7. The molecule has 3 nitrogen and oxygen atoms in total. The summed E-state index contributed by atoms with van der Waals surface area (Å²) in [5, 5.41) is 0. The molecule has 16 heavy (non-hydrogen) atoms. The summed E-state index contributed by atoms with van der Waals surface area (Å²) in [6.45, 7) is 2.65. The van der Waals surface area contributed by atoms with E-state index < -0.39 is 5.67 Å². The van der Waals surface area contributed by atoms with Crippen LogP contribution < -0.4 is 15.2 Å². The monoisotopic (exact) mass is 225 g/mol. The summed E-state index contributed by atoms with van der Waals surface area (Å²) in [7, 11) is 0. The van der Waals surface area contributed by atoms with Crippen LogP contribution in [0.5, 0.6) is 11.5 Å². The molecule has 1 atom stereocenters. The van der Waals surface area contributed by atoms with Gasteiger partial charge in [-0.2, -0.15) is 0 Å². The predicted octanol–water partition coefficient (Wildman–Crippen LogP) is 1.99. The summed E-state index contributed by atoms with van der Waals surface area (Å²) >= 11 is 0. The van der Waals surface area contributed by atoms with E-state index in [1.807, 2.05) is 0 Å². The van der Waals surface area contributed by atoms with Gasteiger partial charge in [-0.1, -0.05) is 6.07 Å². The zero-order chi connectivity index (χ0) is 11.6. The Bertz CT molecular complexity index is 379. The van der Waals surface area contributed by atoms with Crippen LogP contribution in [0, 0.1) is 0 Å². The van der Waals surface area contributed by atoms with E-state index in [4.69, 9.17) is 15.2 Å². The largest absolute Gasteiger partial charge is 0.490 e. The standard InChI is InChI=1S/C12H16FNO2/c1-12(13,8-14)9-3-4-10-11(7-9)16-6-2-5-15-10/h3-4,7H,2,5-6,8,14H2,1H3. The molecule has 0 aromatic heterocycles. The number of nitrogens with two attached hydrogens (primary N) is 1. The van der Waals surface area contributed by atoms with Crippen LogP contribution >= 0.6 is 0 Å². The number of ether oxygens (including phenoxy) is 2. The second-order valence-electron chi connectivity index (χ2n) is 4.11. The molecule has 0 bridgehead atoms. The van der Waals surface area contributed by atoms with Gasteiger partial charge in [0.1, 0.15) is 5.67 Å². The van der Waals surface area contributed by atoms with Crippen LogP contribution in [0.1, 0.15) is 18.9 Å². The third-order valence-electron chi connectivity index (χ3n) is 2.73. The number of alkyl halides is 1. The molecule has 88 valence electrons. The van der Waals surface area contributed by atoms with E-state index in [1.54, 1.807) is 18.2 Å². The Morgan fingerprint density at radius 2 is 2.00 bits per heavy atom. The molecule has 1 unspecified atom stereocenters. The SMILES string of the molecule is CC(F)(CN)c1ccc2c(c1)OCCCO2. The molecule has 0 spiro atoms. The van der Waals surface area contributed by atoms with Crippen molar-refractivity contribution < 1.29 is 13.9 Å². The molecule has 0 saturated carbocycles. The first-order valence-electron chi connectivity index (χ1n) is 5.42. The van der Waals surface area contributed by atoms with Gasteiger partial charge in [-0.3, -0.25) is 0 Å². The molecule has 0 saturated heterocycles. The van der Waals surface area contributed by atoms with E-state index in [-0.39, 0.29) is 6.54 Å². The van der Waals surface area contributed by atoms with E-state index in [0.29, 0.717) is 30.3 Å². The maximum absolute atomic E-state index is 14.0. The lowest BCUT2D eigenvalue weighted by Crippen LogP contribution is -2.26. The summed E-state index contributed by atoms with van der Waals surface area (Å²) in [6.07, 6.45) is 0.841. The van der Waals surface area contributed by atoms with E-state index in [2.05, 4.69) is 0 Å². The van der Waals surface area contributed by atoms with Crippen molar-refractivity contribution in [3.8, 4) is 11.5 Å². The minimum Gasteiger partial charge on any atom is -0.490 e. The molecule has 1 aliphatic rings. The summed E-state index contributed by atoms with van der Waals surface area (Å²) in [4.78, 5) is 0. The van der Waals surface area contributed by atoms with Gasteiger partial charge in [0, 0.05) is 13.0 Å². The molecule has 4 heteroatoms. The Morgan fingerprint density at radius 1 is 1.31 bits per heavy atom. The highest BCUT2D eigenvalue weighted by Crippen LogP contribution is 2.35. The minimum absolute atomic E-state index is 0.0490. The van der Waals surface area contributed by atoms with Gasteiger partial charge in [0.25, 0.3) is 0 Å². The van der Waals surface area contributed by atoms with Gasteiger partial charge in [0.05, 0.1) is 13.2 Å². The second kappa shape index (κ2) is 4.29. The zero-order valence-electron chi connectivity index (χ0n) is 9.33. The highest BCUT2D eigenvalue weighted by Gasteiger charge is 2.25. The number of hydrogen-bond acceptors (Lipinski definition) is 3. The second-order valence-corrected chi connectivity index (χ2v) is 4.11. The molecule has 1 aliphatic heterocycles. The average Bonchev–Trinajstić information content (AvgIpc) is 2.53. The Hall–Kier alpha value is -1.29. The van der Waals surface area contributed by atoms with Crippen LogP contribution in [0.15, 0.2) is 18.2 Å². The van der Waals surface area contributed by atoms with Gasteiger partial charge in [-0.15, -0.1) is 0 Å². The molecule has 2 rings (SSSR count). The van der Waals surface area contributed by atoms with E-state index in [9.17, 15) is 4.39 Å². The summed E-state index contributed by atoms with van der Waals surface area (Å²) < 4.78 is 25.0. The lowest BCUT2D eigenvalue weighted by atomic mass is 9.98. The number of halogens is 1. The molecule has 1 aromatic rings. The maximum atomic E-state index is 14.0. The van der Waals surface area contributed by atoms with Crippen molar-refractivity contribution in [1.29, 1.82) is 0 Å². The quantitative estimate of drug-likeness (QED) is 0.837. The van der Waals surface area contributed by atoms with Gasteiger partial charge < -0.3 is 15.2 Å². The van der Waals surface area contributed by atoms with Gasteiger partial charge in [0.2, 0.25) is 0 Å². The van der Waals surface area contributed by atoms with Crippen LogP contribution in [-0.4, -0.2) is 19.8 Å². The highest BCUT2D eigenvalue weighted by molar-refractivity contribution is 5.45. The Labute approximate surface area is 94.3 Å². The predicted molar refractivity (Wildman–Crippen MR) is 59.6 cm³/mol. The summed E-state index contributed by atoms with van der Waals surface area (Å²) in [5.41, 5.74) is 4.40. The molecular weight excluding hydrogens is 209 g/mol. The molecule has 0 radical (unpaired) electrons. The molecule has 0 amide bonds. The smallest absolute Gasteiger partial charge is 0.161 e. The average molecular weight is 225 g/mol. The van der Waals surface area contributed by atoms with Gasteiger partial charge in [0.15, 0.2) is 11.5 Å². The van der Waals surface area contributed by atoms with Crippen molar-refractivity contribution in [3.05, 3.63) is 23.8 Å². The Kier molecular flexibility index (Phi) is 3.01. The molecule has 1 heterocycles. The number of benzene rings is 1. The first-order chi connectivity index (χ1) is 7.63. The molecular formula is C12H16FNO2. The van der Waals surface area contributed by atoms with Crippen molar-refractivity contribution in [3.63, 3.8) is 0 Å². The highest BCUT2D eigenvalue weighted by atomic mass is 19.1. The third kappa shape index (κ3) is 2.11. The van der Waals surface area contributed by atoms with Crippen molar-refractivity contribution in [2.45, 2.75) is 19.0 Å². The Morgan fingerprint density at radius 3 is 2.69 bits per heavy atom. The first kappa shape index (κ1) is 11.2. The van der Waals surface area contributed by atoms with Gasteiger partial charge in [-0.25, -0.2) is 4.39 Å². The van der Waals surface area contributed by atoms with Crippen LogP contribution in [0.4, 0.5) is 4.39 Å². The van der Waals surface area contributed by atoms with Crippen molar-refractivity contribution >= 4 is 0 Å². The van der Waals surface area contributed by atoms with Crippen molar-refractivity contribution in [2.24, 2.45) is 5.73 Å². The van der Waals surface area contributed by atoms with Crippen LogP contribution in [0.25, 0.3) is 0 Å².